The van der Waals surface area contributed by atoms with Crippen molar-refractivity contribution in [3.63, 3.8) is 0 Å². The Bertz CT molecular complexity index is 924. The van der Waals surface area contributed by atoms with Gasteiger partial charge in [-0.3, -0.25) is 10.00 Å². The molecule has 2 heterocycles. The van der Waals surface area contributed by atoms with Gasteiger partial charge in [0.2, 0.25) is 11.9 Å². The van der Waals surface area contributed by atoms with Crippen LogP contribution in [0.1, 0.15) is 42.5 Å². The number of carbonyl (C=O) groups excluding carboxylic acids is 1. The minimum absolute atomic E-state index is 0.193. The topological polar surface area (TPSA) is 135 Å². The van der Waals surface area contributed by atoms with Crippen molar-refractivity contribution in [3.8, 4) is 0 Å². The van der Waals surface area contributed by atoms with Crippen molar-refractivity contribution in [2.24, 2.45) is 21.5 Å². The van der Waals surface area contributed by atoms with Crippen molar-refractivity contribution in [3.05, 3.63) is 23.9 Å². The van der Waals surface area contributed by atoms with Crippen LogP contribution in [0.15, 0.2) is 28.3 Å². The van der Waals surface area contributed by atoms with E-state index in [0.717, 1.165) is 43.2 Å². The monoisotopic (exact) mass is 355 g/mol. The fourth-order valence-electron chi connectivity index (χ4n) is 3.94. The third kappa shape index (κ3) is 2.47. The fourth-order valence-corrected chi connectivity index (χ4v) is 3.94. The van der Waals surface area contributed by atoms with Crippen LogP contribution in [0, 0.1) is 0 Å². The van der Waals surface area contributed by atoms with Crippen LogP contribution >= 0.6 is 0 Å². The third-order valence-electron chi connectivity index (χ3n) is 5.05. The predicted molar refractivity (Wildman–Crippen MR) is 99.0 cm³/mol. The summed E-state index contributed by atoms with van der Waals surface area (Å²) in [6.07, 6.45) is 6.50. The van der Waals surface area contributed by atoms with Gasteiger partial charge in [-0.1, -0.05) is 6.42 Å². The molecule has 1 fully saturated rings. The largest absolute Gasteiger partial charge is 0.465 e. The third-order valence-corrected chi connectivity index (χ3v) is 5.05. The molecular weight excluding hydrogens is 334 g/mol. The lowest BCUT2D eigenvalue weighted by Crippen LogP contribution is -2.58. The summed E-state index contributed by atoms with van der Waals surface area (Å²) >= 11 is 0. The lowest BCUT2D eigenvalue weighted by atomic mass is 9.87. The van der Waals surface area contributed by atoms with Crippen molar-refractivity contribution in [1.82, 2.24) is 10.2 Å². The Hall–Kier alpha value is -3.10. The SMILES string of the molecule is COC(=O)c1cc(N2C(N)=NC(N)=NC23CCCCC3)cc2cn[nH]c12. The van der Waals surface area contributed by atoms with E-state index in [0.29, 0.717) is 11.1 Å². The smallest absolute Gasteiger partial charge is 0.340 e. The Labute approximate surface area is 150 Å². The molecule has 2 aliphatic rings. The van der Waals surface area contributed by atoms with Gasteiger partial charge in [-0.05, 0) is 37.8 Å². The first-order valence-corrected chi connectivity index (χ1v) is 8.59. The summed E-state index contributed by atoms with van der Waals surface area (Å²) in [5, 5.41) is 7.67. The zero-order chi connectivity index (χ0) is 18.3. The van der Waals surface area contributed by atoms with E-state index in [1.54, 1.807) is 12.3 Å². The molecule has 0 saturated heterocycles. The number of hydrogen-bond donors (Lipinski definition) is 3. The molecule has 0 bridgehead atoms. The molecule has 5 N–H and O–H groups in total. The minimum atomic E-state index is -0.570. The van der Waals surface area contributed by atoms with Crippen molar-refractivity contribution in [2.45, 2.75) is 37.8 Å². The number of anilines is 1. The number of fused-ring (bicyclic) bond motifs is 1. The van der Waals surface area contributed by atoms with Gasteiger partial charge in [0.1, 0.15) is 5.66 Å². The van der Waals surface area contributed by atoms with Gasteiger partial charge in [-0.25, -0.2) is 9.79 Å². The number of H-pyrrole nitrogens is 1. The predicted octanol–water partition coefficient (Wildman–Crippen LogP) is 1.46. The molecule has 2 aromatic rings. The van der Waals surface area contributed by atoms with Gasteiger partial charge in [0.25, 0.3) is 0 Å². The van der Waals surface area contributed by atoms with E-state index in [-0.39, 0.29) is 11.9 Å². The molecular formula is C17H21N7O2. The molecule has 26 heavy (non-hydrogen) atoms. The van der Waals surface area contributed by atoms with E-state index in [1.807, 2.05) is 11.0 Å². The highest BCUT2D eigenvalue weighted by atomic mass is 16.5. The Morgan fingerprint density at radius 3 is 2.77 bits per heavy atom. The number of ether oxygens (including phenoxy) is 1. The summed E-state index contributed by atoms with van der Waals surface area (Å²) in [7, 11) is 1.35. The molecule has 1 aliphatic carbocycles. The van der Waals surface area contributed by atoms with Gasteiger partial charge in [0.15, 0.2) is 0 Å². The number of esters is 1. The summed E-state index contributed by atoms with van der Waals surface area (Å²) in [6, 6.07) is 3.66. The second kappa shape index (κ2) is 6.01. The maximum absolute atomic E-state index is 12.3. The lowest BCUT2D eigenvalue weighted by molar-refractivity contribution is 0.0602. The average molecular weight is 355 g/mol. The van der Waals surface area contributed by atoms with Crippen LogP contribution in [0.4, 0.5) is 5.69 Å². The number of guanidine groups is 2. The Balaban J connectivity index is 1.90. The highest BCUT2D eigenvalue weighted by Crippen LogP contribution is 2.40. The van der Waals surface area contributed by atoms with Crippen LogP contribution in [0.25, 0.3) is 10.9 Å². The summed E-state index contributed by atoms with van der Waals surface area (Å²) in [4.78, 5) is 23.0. The number of nitrogens with zero attached hydrogens (tertiary/aromatic N) is 4. The normalized spacial score (nSPS) is 19.3. The first-order valence-electron chi connectivity index (χ1n) is 8.59. The Kier molecular flexibility index (Phi) is 3.78. The summed E-state index contributed by atoms with van der Waals surface area (Å²) < 4.78 is 4.92. The van der Waals surface area contributed by atoms with Crippen LogP contribution in [-0.2, 0) is 4.74 Å². The van der Waals surface area contributed by atoms with Crippen LogP contribution in [0.5, 0.6) is 0 Å². The minimum Gasteiger partial charge on any atom is -0.465 e. The van der Waals surface area contributed by atoms with Crippen LogP contribution in [0.3, 0.4) is 0 Å². The molecule has 1 aromatic carbocycles. The first-order chi connectivity index (χ1) is 12.5. The zero-order valence-corrected chi connectivity index (χ0v) is 14.5. The molecule has 1 spiro atoms. The summed E-state index contributed by atoms with van der Waals surface area (Å²) in [5.74, 6) is 0.0191. The maximum atomic E-state index is 12.3. The van der Waals surface area contributed by atoms with E-state index in [1.165, 1.54) is 7.11 Å². The van der Waals surface area contributed by atoms with Crippen molar-refractivity contribution < 1.29 is 9.53 Å². The molecule has 136 valence electrons. The standard InChI is InChI=1S/C17H21N7O2/c1-26-14(25)12-8-11(7-10-9-20-23-13(10)12)24-16(19)21-15(18)22-17(24)5-3-2-4-6-17/h7-9H,2-6H2,1H3,(H,20,23)(H4,18,19,21,22). The fraction of sp³-hybridized carbons (Fsp3) is 0.412. The van der Waals surface area contributed by atoms with Crippen LogP contribution in [0.2, 0.25) is 0 Å². The van der Waals surface area contributed by atoms with Gasteiger partial charge >= 0.3 is 5.97 Å². The number of hydrogen-bond acceptors (Lipinski definition) is 8. The van der Waals surface area contributed by atoms with Gasteiger partial charge in [-0.15, -0.1) is 0 Å². The van der Waals surface area contributed by atoms with Gasteiger partial charge in [0, 0.05) is 11.1 Å². The van der Waals surface area contributed by atoms with Gasteiger partial charge < -0.3 is 16.2 Å². The van der Waals surface area contributed by atoms with E-state index >= 15 is 0 Å². The zero-order valence-electron chi connectivity index (χ0n) is 14.5. The molecule has 1 aromatic heterocycles. The quantitative estimate of drug-likeness (QED) is 0.698. The number of methoxy groups -OCH3 is 1. The first kappa shape index (κ1) is 16.4. The molecule has 1 saturated carbocycles. The van der Waals surface area contributed by atoms with Gasteiger partial charge in [-0.2, -0.15) is 10.1 Å². The van der Waals surface area contributed by atoms with Crippen molar-refractivity contribution in [1.29, 1.82) is 0 Å². The van der Waals surface area contributed by atoms with E-state index < -0.39 is 11.6 Å². The number of aromatic nitrogens is 2. The highest BCUT2D eigenvalue weighted by Gasteiger charge is 2.43. The van der Waals surface area contributed by atoms with Crippen LogP contribution in [-0.4, -0.2) is 40.9 Å². The summed E-state index contributed by atoms with van der Waals surface area (Å²) in [5.41, 5.74) is 13.3. The molecule has 9 heteroatoms. The van der Waals surface area contributed by atoms with Gasteiger partial charge in [0.05, 0.1) is 24.4 Å². The number of rotatable bonds is 2. The Morgan fingerprint density at radius 2 is 2.04 bits per heavy atom. The number of nitrogens with two attached hydrogens (primary N) is 2. The molecule has 1 aliphatic heterocycles. The molecule has 0 radical (unpaired) electrons. The molecule has 0 unspecified atom stereocenters. The van der Waals surface area contributed by atoms with E-state index in [2.05, 4.69) is 20.2 Å². The van der Waals surface area contributed by atoms with E-state index in [9.17, 15) is 4.79 Å². The number of nitrogens with one attached hydrogen (secondary N) is 1. The van der Waals surface area contributed by atoms with E-state index in [4.69, 9.17) is 16.2 Å². The number of aliphatic imine (C=N–C) groups is 2. The molecule has 9 nitrogen and oxygen atoms in total. The number of aromatic amines is 1. The number of benzene rings is 1. The second-order valence-corrected chi connectivity index (χ2v) is 6.64. The molecule has 4 rings (SSSR count). The van der Waals surface area contributed by atoms with Crippen LogP contribution < -0.4 is 16.4 Å². The Morgan fingerprint density at radius 1 is 1.27 bits per heavy atom. The highest BCUT2D eigenvalue weighted by molar-refractivity contribution is 6.09. The molecule has 0 amide bonds. The second-order valence-electron chi connectivity index (χ2n) is 6.64. The average Bonchev–Trinajstić information content (AvgIpc) is 3.08. The number of carbonyl (C=O) groups is 1. The summed E-state index contributed by atoms with van der Waals surface area (Å²) in [6.45, 7) is 0. The van der Waals surface area contributed by atoms with Crippen molar-refractivity contribution >= 4 is 34.5 Å². The maximum Gasteiger partial charge on any atom is 0.340 e. The molecule has 0 atom stereocenters. The van der Waals surface area contributed by atoms with Crippen molar-refractivity contribution in [2.75, 3.05) is 12.0 Å². The lowest BCUT2D eigenvalue weighted by Gasteiger charge is -2.45.